The van der Waals surface area contributed by atoms with Crippen LogP contribution in [-0.2, 0) is 14.3 Å². The van der Waals surface area contributed by atoms with Crippen molar-refractivity contribution < 1.29 is 14.3 Å². The number of Topliss-reactive ketones (excluding diaryl/α,β-unsaturated/α-hetero) is 1. The van der Waals surface area contributed by atoms with Gasteiger partial charge >= 0.3 is 5.97 Å². The van der Waals surface area contributed by atoms with Crippen molar-refractivity contribution in [1.29, 1.82) is 0 Å². The van der Waals surface area contributed by atoms with Gasteiger partial charge in [0.25, 0.3) is 0 Å². The van der Waals surface area contributed by atoms with Crippen LogP contribution in [0.1, 0.15) is 59.8 Å². The van der Waals surface area contributed by atoms with Crippen molar-refractivity contribution in [2.45, 2.75) is 59.8 Å². The van der Waals surface area contributed by atoms with E-state index in [1.807, 2.05) is 0 Å². The summed E-state index contributed by atoms with van der Waals surface area (Å²) < 4.78 is 4.85. The number of nitrogens with zero attached hydrogens (tertiary/aromatic N) is 1. The fourth-order valence-corrected chi connectivity index (χ4v) is 2.98. The Morgan fingerprint density at radius 3 is 2.48 bits per heavy atom. The van der Waals surface area contributed by atoms with Gasteiger partial charge in [-0.25, -0.2) is 0 Å². The zero-order valence-electron chi connectivity index (χ0n) is 14.1. The quantitative estimate of drug-likeness (QED) is 0.707. The van der Waals surface area contributed by atoms with Crippen LogP contribution in [0.15, 0.2) is 0 Å². The molecule has 122 valence electrons. The number of likely N-dealkylation sites (tertiary alicyclic amines) is 1. The topological polar surface area (TPSA) is 46.6 Å². The van der Waals surface area contributed by atoms with Gasteiger partial charge in [-0.05, 0) is 50.6 Å². The van der Waals surface area contributed by atoms with Gasteiger partial charge in [0, 0.05) is 6.42 Å². The number of carbonyl (C=O) groups excluding carboxylic acids is 2. The Bertz CT molecular complexity index is 346. The Labute approximate surface area is 129 Å². The molecule has 0 aromatic heterocycles. The van der Waals surface area contributed by atoms with Gasteiger partial charge in [0.15, 0.2) is 0 Å². The van der Waals surface area contributed by atoms with Gasteiger partial charge in [0.05, 0.1) is 19.6 Å². The first-order chi connectivity index (χ1) is 9.82. The molecule has 1 heterocycles. The number of hydrogen-bond donors (Lipinski definition) is 0. The standard InChI is InChI=1S/C17H31NO3/c1-5-21-16(20)9-8-15(19)13-18-11-6-7-14(10-12-18)17(2,3)4/h14H,5-13H2,1-4H3. The van der Waals surface area contributed by atoms with E-state index in [1.54, 1.807) is 6.92 Å². The SMILES string of the molecule is CCOC(=O)CCC(=O)CN1CCCC(C(C)(C)C)CC1. The van der Waals surface area contributed by atoms with Crippen molar-refractivity contribution >= 4 is 11.8 Å². The molecular weight excluding hydrogens is 266 g/mol. The first-order valence-electron chi connectivity index (χ1n) is 8.22. The van der Waals surface area contributed by atoms with E-state index >= 15 is 0 Å². The van der Waals surface area contributed by atoms with Gasteiger partial charge in [-0.15, -0.1) is 0 Å². The summed E-state index contributed by atoms with van der Waals surface area (Å²) in [5.74, 6) is 0.615. The maximum atomic E-state index is 12.0. The Morgan fingerprint density at radius 2 is 1.86 bits per heavy atom. The molecule has 0 radical (unpaired) electrons. The normalized spacial score (nSPS) is 20.9. The molecule has 1 atom stereocenters. The van der Waals surface area contributed by atoms with E-state index < -0.39 is 0 Å². The van der Waals surface area contributed by atoms with Gasteiger partial charge in [-0.3, -0.25) is 14.5 Å². The van der Waals surface area contributed by atoms with E-state index in [4.69, 9.17) is 4.74 Å². The van der Waals surface area contributed by atoms with Gasteiger partial charge in [0.2, 0.25) is 0 Å². The molecule has 4 nitrogen and oxygen atoms in total. The van der Waals surface area contributed by atoms with Crippen LogP contribution < -0.4 is 0 Å². The number of ketones is 1. The smallest absolute Gasteiger partial charge is 0.306 e. The van der Waals surface area contributed by atoms with E-state index in [9.17, 15) is 9.59 Å². The Balaban J connectivity index is 2.32. The highest BCUT2D eigenvalue weighted by molar-refractivity contribution is 5.84. The summed E-state index contributed by atoms with van der Waals surface area (Å²) in [6.45, 7) is 11.5. The molecule has 0 spiro atoms. The molecular formula is C17H31NO3. The molecule has 1 fully saturated rings. The number of carbonyl (C=O) groups is 2. The maximum absolute atomic E-state index is 12.0. The predicted molar refractivity (Wildman–Crippen MR) is 84.1 cm³/mol. The number of rotatable bonds is 6. The highest BCUT2D eigenvalue weighted by atomic mass is 16.5. The fourth-order valence-electron chi connectivity index (χ4n) is 2.98. The van der Waals surface area contributed by atoms with Gasteiger partial charge in [-0.2, -0.15) is 0 Å². The van der Waals surface area contributed by atoms with Crippen LogP contribution in [-0.4, -0.2) is 42.9 Å². The largest absolute Gasteiger partial charge is 0.466 e. The number of hydrogen-bond acceptors (Lipinski definition) is 4. The molecule has 0 bridgehead atoms. The molecule has 0 N–H and O–H groups in total. The molecule has 0 amide bonds. The number of ether oxygens (including phenoxy) is 1. The van der Waals surface area contributed by atoms with Gasteiger partial charge in [0.1, 0.15) is 5.78 Å². The van der Waals surface area contributed by atoms with Crippen LogP contribution in [0.25, 0.3) is 0 Å². The van der Waals surface area contributed by atoms with E-state index in [0.717, 1.165) is 31.8 Å². The lowest BCUT2D eigenvalue weighted by atomic mass is 9.77. The summed E-state index contributed by atoms with van der Waals surface area (Å²) in [5.41, 5.74) is 0.351. The van der Waals surface area contributed by atoms with Crippen molar-refractivity contribution in [3.8, 4) is 0 Å². The van der Waals surface area contributed by atoms with Gasteiger partial charge in [-0.1, -0.05) is 20.8 Å². The van der Waals surface area contributed by atoms with Gasteiger partial charge < -0.3 is 4.74 Å². The van der Waals surface area contributed by atoms with E-state index in [2.05, 4.69) is 25.7 Å². The lowest BCUT2D eigenvalue weighted by Gasteiger charge is -2.29. The molecule has 0 aliphatic carbocycles. The minimum absolute atomic E-state index is 0.150. The molecule has 1 aliphatic rings. The van der Waals surface area contributed by atoms with Crippen LogP contribution in [0.4, 0.5) is 0 Å². The summed E-state index contributed by atoms with van der Waals surface area (Å²) in [6, 6.07) is 0. The average Bonchev–Trinajstić information content (AvgIpc) is 2.62. The van der Waals surface area contributed by atoms with Crippen molar-refractivity contribution in [1.82, 2.24) is 4.90 Å². The van der Waals surface area contributed by atoms with Crippen LogP contribution >= 0.6 is 0 Å². The van der Waals surface area contributed by atoms with Crippen molar-refractivity contribution in [3.05, 3.63) is 0 Å². The summed E-state index contributed by atoms with van der Waals surface area (Å²) >= 11 is 0. The molecule has 1 rings (SSSR count). The lowest BCUT2D eigenvalue weighted by Crippen LogP contribution is -2.31. The second kappa shape index (κ2) is 8.52. The molecule has 4 heteroatoms. The fraction of sp³-hybridized carbons (Fsp3) is 0.882. The summed E-state index contributed by atoms with van der Waals surface area (Å²) in [6.07, 6.45) is 4.09. The first-order valence-corrected chi connectivity index (χ1v) is 8.22. The third kappa shape index (κ3) is 7.07. The third-order valence-electron chi connectivity index (χ3n) is 4.36. The van der Waals surface area contributed by atoms with Crippen molar-refractivity contribution in [2.75, 3.05) is 26.2 Å². The van der Waals surface area contributed by atoms with E-state index in [0.29, 0.717) is 25.0 Å². The van der Waals surface area contributed by atoms with Crippen LogP contribution in [0.3, 0.4) is 0 Å². The summed E-state index contributed by atoms with van der Waals surface area (Å²) in [7, 11) is 0. The minimum atomic E-state index is -0.269. The molecule has 0 saturated carbocycles. The third-order valence-corrected chi connectivity index (χ3v) is 4.36. The Hall–Kier alpha value is -0.900. The highest BCUT2D eigenvalue weighted by Crippen LogP contribution is 2.34. The van der Waals surface area contributed by atoms with Crippen molar-refractivity contribution in [2.24, 2.45) is 11.3 Å². The molecule has 1 unspecified atom stereocenters. The molecule has 0 aromatic carbocycles. The first kappa shape index (κ1) is 18.1. The number of esters is 1. The Kier molecular flexibility index (Phi) is 7.36. The molecule has 0 aromatic rings. The Morgan fingerprint density at radius 1 is 1.14 bits per heavy atom. The zero-order valence-corrected chi connectivity index (χ0v) is 14.1. The summed E-state index contributed by atoms with van der Waals surface area (Å²) in [4.78, 5) is 25.5. The average molecular weight is 297 g/mol. The van der Waals surface area contributed by atoms with Crippen LogP contribution in [0.5, 0.6) is 0 Å². The van der Waals surface area contributed by atoms with Crippen LogP contribution in [0.2, 0.25) is 0 Å². The predicted octanol–water partition coefficient (Wildman–Crippen LogP) is 3.05. The van der Waals surface area contributed by atoms with Crippen molar-refractivity contribution in [3.63, 3.8) is 0 Å². The lowest BCUT2D eigenvalue weighted by molar-refractivity contribution is -0.144. The molecule has 1 aliphatic heterocycles. The monoisotopic (exact) mass is 297 g/mol. The highest BCUT2D eigenvalue weighted by Gasteiger charge is 2.27. The van der Waals surface area contributed by atoms with E-state index in [1.165, 1.54) is 6.42 Å². The maximum Gasteiger partial charge on any atom is 0.306 e. The second-order valence-electron chi connectivity index (χ2n) is 7.11. The molecule has 21 heavy (non-hydrogen) atoms. The van der Waals surface area contributed by atoms with Crippen LogP contribution in [0, 0.1) is 11.3 Å². The minimum Gasteiger partial charge on any atom is -0.466 e. The van der Waals surface area contributed by atoms with E-state index in [-0.39, 0.29) is 18.2 Å². The zero-order chi connectivity index (χ0) is 15.9. The second-order valence-corrected chi connectivity index (χ2v) is 7.11. The summed E-state index contributed by atoms with van der Waals surface area (Å²) in [5, 5.41) is 0. The molecule has 1 saturated heterocycles.